The van der Waals surface area contributed by atoms with Crippen LogP contribution in [0.5, 0.6) is 17.2 Å². The summed E-state index contributed by atoms with van der Waals surface area (Å²) < 4.78 is 23.1. The van der Waals surface area contributed by atoms with Crippen molar-refractivity contribution in [3.8, 4) is 17.2 Å². The fourth-order valence-electron chi connectivity index (χ4n) is 4.67. The highest BCUT2D eigenvalue weighted by Crippen LogP contribution is 2.53. The second-order valence-corrected chi connectivity index (χ2v) is 8.81. The molecule has 0 bridgehead atoms. The first-order valence-electron chi connectivity index (χ1n) is 10.8. The molecule has 0 radical (unpaired) electrons. The molecule has 2 aliphatic rings. The van der Waals surface area contributed by atoms with E-state index in [1.807, 2.05) is 12.1 Å². The minimum atomic E-state index is -0.399. The summed E-state index contributed by atoms with van der Waals surface area (Å²) in [7, 11) is 1.69. The van der Waals surface area contributed by atoms with E-state index in [1.54, 1.807) is 7.11 Å². The van der Waals surface area contributed by atoms with Crippen molar-refractivity contribution in [3.63, 3.8) is 0 Å². The van der Waals surface area contributed by atoms with Crippen molar-refractivity contribution in [1.82, 2.24) is 0 Å². The molecule has 2 aliphatic heterocycles. The summed E-state index contributed by atoms with van der Waals surface area (Å²) in [5.41, 5.74) is 3.29. The normalized spacial score (nSPS) is 23.4. The van der Waals surface area contributed by atoms with Crippen LogP contribution in [0.3, 0.4) is 0 Å². The minimum absolute atomic E-state index is 0.146. The van der Waals surface area contributed by atoms with E-state index in [0.29, 0.717) is 6.61 Å². The van der Waals surface area contributed by atoms with Gasteiger partial charge in [-0.15, -0.1) is 0 Å². The number of epoxide rings is 1. The fraction of sp³-hybridized carbons (Fsp3) is 0.333. The second-order valence-electron chi connectivity index (χ2n) is 8.81. The summed E-state index contributed by atoms with van der Waals surface area (Å²) in [5.74, 6) is 2.86. The van der Waals surface area contributed by atoms with Crippen molar-refractivity contribution >= 4 is 0 Å². The average molecular weight is 417 g/mol. The Morgan fingerprint density at radius 2 is 1.61 bits per heavy atom. The monoisotopic (exact) mass is 416 g/mol. The van der Waals surface area contributed by atoms with E-state index in [4.69, 9.17) is 18.9 Å². The number of methoxy groups -OCH3 is 1. The van der Waals surface area contributed by atoms with E-state index in [2.05, 4.69) is 74.5 Å². The fourth-order valence-corrected chi connectivity index (χ4v) is 4.67. The van der Waals surface area contributed by atoms with Crippen LogP contribution >= 0.6 is 0 Å². The van der Waals surface area contributed by atoms with Crippen molar-refractivity contribution in [1.29, 1.82) is 0 Å². The summed E-state index contributed by atoms with van der Waals surface area (Å²) in [6.07, 6.45) is 0.250. The molecule has 31 heavy (non-hydrogen) atoms. The van der Waals surface area contributed by atoms with Crippen LogP contribution < -0.4 is 14.2 Å². The summed E-state index contributed by atoms with van der Waals surface area (Å²) in [4.78, 5) is 0. The molecular formula is C27H28O4. The van der Waals surface area contributed by atoms with Gasteiger partial charge < -0.3 is 18.9 Å². The molecule has 4 nitrogen and oxygen atoms in total. The molecule has 0 aliphatic carbocycles. The molecule has 3 aromatic rings. The van der Waals surface area contributed by atoms with Gasteiger partial charge in [0.25, 0.3) is 0 Å². The molecule has 160 valence electrons. The van der Waals surface area contributed by atoms with Crippen LogP contribution in [-0.2, 0) is 4.74 Å². The van der Waals surface area contributed by atoms with Gasteiger partial charge >= 0.3 is 0 Å². The second kappa shape index (κ2) is 7.93. The molecule has 0 saturated carbocycles. The highest BCUT2D eigenvalue weighted by Gasteiger charge is 2.45. The zero-order valence-electron chi connectivity index (χ0n) is 18.2. The molecular weight excluding hydrogens is 388 g/mol. The Bertz CT molecular complexity index is 1040. The molecule has 1 saturated heterocycles. The first-order chi connectivity index (χ1) is 15.0. The first-order valence-corrected chi connectivity index (χ1v) is 10.8. The Labute approximate surface area is 183 Å². The van der Waals surface area contributed by atoms with E-state index in [1.165, 1.54) is 16.7 Å². The van der Waals surface area contributed by atoms with Crippen molar-refractivity contribution in [2.75, 3.05) is 20.3 Å². The third kappa shape index (κ3) is 4.00. The lowest BCUT2D eigenvalue weighted by atomic mass is 9.68. The molecule has 1 unspecified atom stereocenters. The predicted octanol–water partition coefficient (Wildman–Crippen LogP) is 5.56. The van der Waals surface area contributed by atoms with Gasteiger partial charge in [-0.3, -0.25) is 0 Å². The summed E-state index contributed by atoms with van der Waals surface area (Å²) in [6, 6.07) is 25.3. The lowest BCUT2D eigenvalue weighted by Gasteiger charge is -2.45. The van der Waals surface area contributed by atoms with Gasteiger partial charge in [-0.25, -0.2) is 0 Å². The van der Waals surface area contributed by atoms with Gasteiger partial charge in [0.2, 0.25) is 0 Å². The highest BCUT2D eigenvalue weighted by molar-refractivity contribution is 5.52. The van der Waals surface area contributed by atoms with Crippen LogP contribution in [0.15, 0.2) is 72.8 Å². The molecule has 0 spiro atoms. The maximum atomic E-state index is 6.56. The van der Waals surface area contributed by atoms with Gasteiger partial charge in [0.05, 0.1) is 13.7 Å². The van der Waals surface area contributed by atoms with E-state index >= 15 is 0 Å². The Hall–Kier alpha value is -2.98. The lowest BCUT2D eigenvalue weighted by molar-refractivity contribution is 0.0528. The third-order valence-electron chi connectivity index (χ3n) is 6.25. The maximum absolute atomic E-state index is 6.56. The van der Waals surface area contributed by atoms with Crippen LogP contribution in [0.4, 0.5) is 0 Å². The molecule has 0 aromatic heterocycles. The quantitative estimate of drug-likeness (QED) is 0.493. The number of benzene rings is 3. The summed E-state index contributed by atoms with van der Waals surface area (Å²) in [6.45, 7) is 5.76. The average Bonchev–Trinajstić information content (AvgIpc) is 3.61. The van der Waals surface area contributed by atoms with Crippen molar-refractivity contribution < 1.29 is 18.9 Å². The molecule has 5 rings (SSSR count). The highest BCUT2D eigenvalue weighted by atomic mass is 16.6. The topological polar surface area (TPSA) is 40.2 Å². The number of hydrogen-bond acceptors (Lipinski definition) is 4. The van der Waals surface area contributed by atoms with Gasteiger partial charge in [-0.1, -0.05) is 48.5 Å². The van der Waals surface area contributed by atoms with Gasteiger partial charge in [0.1, 0.15) is 35.6 Å². The SMILES string of the molecule is COc1ccc2c(c1)OC(C)(C)[C@@H](c1ccccc1)[C@@H]2c1ccc(OCC2CO2)cc1. The van der Waals surface area contributed by atoms with Crippen molar-refractivity contribution in [2.45, 2.75) is 37.4 Å². The third-order valence-corrected chi connectivity index (χ3v) is 6.25. The molecule has 0 N–H and O–H groups in total. The van der Waals surface area contributed by atoms with E-state index in [-0.39, 0.29) is 17.9 Å². The van der Waals surface area contributed by atoms with E-state index in [0.717, 1.165) is 23.9 Å². The maximum Gasteiger partial charge on any atom is 0.127 e. The minimum Gasteiger partial charge on any atom is -0.497 e. The molecule has 0 amide bonds. The van der Waals surface area contributed by atoms with Crippen LogP contribution in [0.1, 0.15) is 42.4 Å². The van der Waals surface area contributed by atoms with Crippen molar-refractivity contribution in [3.05, 3.63) is 89.5 Å². The zero-order valence-corrected chi connectivity index (χ0v) is 18.2. The predicted molar refractivity (Wildman–Crippen MR) is 120 cm³/mol. The Kier molecular flexibility index (Phi) is 5.11. The van der Waals surface area contributed by atoms with Gasteiger partial charge in [0.15, 0.2) is 0 Å². The summed E-state index contributed by atoms with van der Waals surface area (Å²) >= 11 is 0. The molecule has 2 heterocycles. The van der Waals surface area contributed by atoms with Crippen LogP contribution in [0, 0.1) is 0 Å². The Morgan fingerprint density at radius 3 is 2.29 bits per heavy atom. The molecule has 3 aromatic carbocycles. The Morgan fingerprint density at radius 1 is 0.903 bits per heavy atom. The van der Waals surface area contributed by atoms with Gasteiger partial charge in [-0.05, 0) is 43.2 Å². The summed E-state index contributed by atoms with van der Waals surface area (Å²) in [5, 5.41) is 0. The first kappa shape index (κ1) is 20.0. The number of rotatable bonds is 6. The smallest absolute Gasteiger partial charge is 0.127 e. The van der Waals surface area contributed by atoms with Gasteiger partial charge in [-0.2, -0.15) is 0 Å². The van der Waals surface area contributed by atoms with Crippen LogP contribution in [0.25, 0.3) is 0 Å². The van der Waals surface area contributed by atoms with Crippen LogP contribution in [-0.4, -0.2) is 32.0 Å². The van der Waals surface area contributed by atoms with Crippen LogP contribution in [0.2, 0.25) is 0 Å². The largest absolute Gasteiger partial charge is 0.497 e. The van der Waals surface area contributed by atoms with E-state index < -0.39 is 5.60 Å². The Balaban J connectivity index is 1.57. The lowest BCUT2D eigenvalue weighted by Crippen LogP contribution is -2.43. The molecule has 1 fully saturated rings. The number of hydrogen-bond donors (Lipinski definition) is 0. The zero-order chi connectivity index (χ0) is 21.4. The van der Waals surface area contributed by atoms with Crippen molar-refractivity contribution in [2.24, 2.45) is 0 Å². The number of ether oxygens (including phenoxy) is 4. The number of fused-ring (bicyclic) bond motifs is 1. The molecule has 4 heteroatoms. The molecule has 3 atom stereocenters. The van der Waals surface area contributed by atoms with E-state index in [9.17, 15) is 0 Å². The standard InChI is InChI=1S/C27H28O4/c1-27(2)26(19-7-5-4-6-8-19)25(23-14-13-21(28-3)15-24(23)31-27)18-9-11-20(12-10-18)29-16-22-17-30-22/h4-15,22,25-26H,16-17H2,1-3H3/t22?,25-,26+/m1/s1. The van der Waals surface area contributed by atoms with Gasteiger partial charge in [0, 0.05) is 23.5 Å².